The summed E-state index contributed by atoms with van der Waals surface area (Å²) in [7, 11) is 0. The number of nitrogens with two attached hydrogens (primary N) is 1. The van der Waals surface area contributed by atoms with Crippen molar-refractivity contribution in [3.05, 3.63) is 0 Å². The number of ether oxygens (including phenoxy) is 12. The van der Waals surface area contributed by atoms with Gasteiger partial charge in [0.25, 0.3) is 0 Å². The lowest BCUT2D eigenvalue weighted by atomic mass is 9.95. The largest absolute Gasteiger partial charge is 0.394 e. The predicted molar refractivity (Wildman–Crippen MR) is 239 cm³/mol. The molecule has 0 aromatic heterocycles. The van der Waals surface area contributed by atoms with Gasteiger partial charge < -0.3 is 165 Å². The van der Waals surface area contributed by atoms with Gasteiger partial charge in [-0.15, -0.1) is 0 Å². The Hall–Kier alpha value is -1.81. The smallest absolute Gasteiger partial charge is 0.220 e. The zero-order chi connectivity index (χ0) is 56.6. The molecular formula is C43H76N2O32. The fourth-order valence-electron chi connectivity index (χ4n) is 9.48. The molecule has 6 heterocycles. The van der Waals surface area contributed by atoms with Crippen LogP contribution in [0.5, 0.6) is 0 Å². The second kappa shape index (κ2) is 29.4. The topological polar surface area (TPSA) is 550 Å². The maximum absolute atomic E-state index is 12.1. The number of carbonyl (C=O) groups excluding carboxylic acids is 1. The number of nitrogens with one attached hydrogen (secondary N) is 1. The molecule has 22 N–H and O–H groups in total. The van der Waals surface area contributed by atoms with Crippen LogP contribution in [-0.2, 0) is 61.6 Å². The Labute approximate surface area is 438 Å². The molecule has 6 aliphatic heterocycles. The summed E-state index contributed by atoms with van der Waals surface area (Å²) in [6, 6.07) is 0. The normalized spacial score (nSPS) is 47.9. The highest BCUT2D eigenvalue weighted by Crippen LogP contribution is 2.37. The van der Waals surface area contributed by atoms with Crippen molar-refractivity contribution >= 4 is 5.91 Å². The van der Waals surface area contributed by atoms with Crippen LogP contribution in [0.4, 0.5) is 0 Å². The van der Waals surface area contributed by atoms with Gasteiger partial charge in [-0.2, -0.15) is 0 Å². The summed E-state index contributed by atoms with van der Waals surface area (Å²) in [5.41, 5.74) is 5.46. The molecule has 77 heavy (non-hydrogen) atoms. The average molecular weight is 1130 g/mol. The minimum atomic E-state index is -2.30. The third kappa shape index (κ3) is 14.7. The lowest BCUT2D eigenvalue weighted by Crippen LogP contribution is -2.68. The molecule has 6 fully saturated rings. The van der Waals surface area contributed by atoms with Gasteiger partial charge in [-0.3, -0.25) is 4.79 Å². The van der Waals surface area contributed by atoms with Gasteiger partial charge in [-0.1, -0.05) is 0 Å². The second-order valence-corrected chi connectivity index (χ2v) is 19.2. The van der Waals surface area contributed by atoms with E-state index in [1.54, 1.807) is 0 Å². The third-order valence-electron chi connectivity index (χ3n) is 14.0. The second-order valence-electron chi connectivity index (χ2n) is 19.2. The molecule has 0 aromatic carbocycles. The summed E-state index contributed by atoms with van der Waals surface area (Å²) >= 11 is 0. The van der Waals surface area contributed by atoms with E-state index in [1.165, 1.54) is 0 Å². The fraction of sp³-hybridized carbons (Fsp3) is 0.977. The molecule has 0 aromatic rings. The van der Waals surface area contributed by atoms with Gasteiger partial charge in [0.05, 0.1) is 46.2 Å². The van der Waals surface area contributed by atoms with E-state index < -0.39 is 224 Å². The van der Waals surface area contributed by atoms with Crippen LogP contribution in [0.25, 0.3) is 0 Å². The monoisotopic (exact) mass is 1130 g/mol. The third-order valence-corrected chi connectivity index (χ3v) is 14.0. The number of aliphatic hydroxyl groups is 19. The highest BCUT2D eigenvalue weighted by atomic mass is 16.8. The van der Waals surface area contributed by atoms with Crippen LogP contribution in [0, 0.1) is 0 Å². The average Bonchev–Trinajstić information content (AvgIpc) is 3.42. The highest BCUT2D eigenvalue weighted by Gasteiger charge is 2.58. The molecule has 30 atom stereocenters. The van der Waals surface area contributed by atoms with Crippen molar-refractivity contribution in [1.82, 2.24) is 5.32 Å². The van der Waals surface area contributed by atoms with Gasteiger partial charge in [-0.05, 0) is 19.4 Å². The molecule has 0 aliphatic carbocycles. The minimum absolute atomic E-state index is 0.0563. The fourth-order valence-corrected chi connectivity index (χ4v) is 9.48. The van der Waals surface area contributed by atoms with Gasteiger partial charge in [0.1, 0.15) is 146 Å². The maximum Gasteiger partial charge on any atom is 0.220 e. The van der Waals surface area contributed by atoms with E-state index in [0.29, 0.717) is 19.4 Å². The highest BCUT2D eigenvalue weighted by molar-refractivity contribution is 5.75. The number of rotatable bonds is 24. The van der Waals surface area contributed by atoms with Crippen molar-refractivity contribution in [2.24, 2.45) is 5.73 Å². The molecule has 1 amide bonds. The molecule has 0 radical (unpaired) electrons. The molecule has 0 saturated carbocycles. The molecule has 34 nitrogen and oxygen atoms in total. The van der Waals surface area contributed by atoms with Gasteiger partial charge in [-0.25, -0.2) is 0 Å². The number of carbonyl (C=O) groups is 1. The Balaban J connectivity index is 1.19. The number of aliphatic hydroxyl groups excluding tert-OH is 19. The van der Waals surface area contributed by atoms with E-state index in [-0.39, 0.29) is 25.5 Å². The SMILES string of the molecule is NCCCCC(=O)NCCO[C@H]1OC(CO)[C@@H](O)[C@H](O[C@H]2OC(CO)[C@@H](O)[C@H](O[C@H]3OC(CO)[C@@H](O)[C@H](O)C3O[C@H]3OC(CO)[C@@H](O)[C@H](O[C@H]4OC(CO)[C@@H](O)[C@H](O[C@H]5OC(CO)[C@@H](O)[C@H](O)C5O)C4O)C3O)C2O)C1O. The molecule has 12 unspecified atom stereocenters. The van der Waals surface area contributed by atoms with Crippen LogP contribution in [0.15, 0.2) is 0 Å². The summed E-state index contributed by atoms with van der Waals surface area (Å²) in [4.78, 5) is 12.1. The van der Waals surface area contributed by atoms with Crippen LogP contribution in [0.2, 0.25) is 0 Å². The summed E-state index contributed by atoms with van der Waals surface area (Å²) in [5, 5.41) is 207. The van der Waals surface area contributed by atoms with Crippen molar-refractivity contribution in [3.63, 3.8) is 0 Å². The molecular weight excluding hydrogens is 1060 g/mol. The zero-order valence-electron chi connectivity index (χ0n) is 41.2. The van der Waals surface area contributed by atoms with E-state index in [2.05, 4.69) is 5.32 Å². The van der Waals surface area contributed by atoms with Crippen molar-refractivity contribution in [2.45, 2.75) is 203 Å². The van der Waals surface area contributed by atoms with Gasteiger partial charge in [0.15, 0.2) is 37.7 Å². The first-order valence-corrected chi connectivity index (χ1v) is 25.0. The van der Waals surface area contributed by atoms with E-state index >= 15 is 0 Å². The van der Waals surface area contributed by atoms with Crippen molar-refractivity contribution in [2.75, 3.05) is 59.3 Å². The summed E-state index contributed by atoms with van der Waals surface area (Å²) < 4.78 is 67.8. The van der Waals surface area contributed by atoms with E-state index in [0.717, 1.165) is 0 Å². The van der Waals surface area contributed by atoms with Crippen molar-refractivity contribution in [1.29, 1.82) is 0 Å². The Kier molecular flexibility index (Phi) is 24.6. The molecule has 34 heteroatoms. The number of unbranched alkanes of at least 4 members (excludes halogenated alkanes) is 1. The van der Waals surface area contributed by atoms with Crippen LogP contribution >= 0.6 is 0 Å². The first-order valence-electron chi connectivity index (χ1n) is 25.0. The van der Waals surface area contributed by atoms with Gasteiger partial charge >= 0.3 is 0 Å². The van der Waals surface area contributed by atoms with E-state index in [9.17, 15) is 102 Å². The summed E-state index contributed by atoms with van der Waals surface area (Å²) in [6.45, 7) is -5.76. The van der Waals surface area contributed by atoms with Gasteiger partial charge in [0.2, 0.25) is 5.91 Å². The first-order chi connectivity index (χ1) is 36.7. The first kappa shape index (κ1) is 64.4. The van der Waals surface area contributed by atoms with Crippen molar-refractivity contribution < 1.29 is 159 Å². The predicted octanol–water partition coefficient (Wildman–Crippen LogP) is -13.8. The zero-order valence-corrected chi connectivity index (χ0v) is 41.2. The molecule has 6 aliphatic rings. The Morgan fingerprint density at radius 1 is 0.364 bits per heavy atom. The molecule has 6 saturated heterocycles. The van der Waals surface area contributed by atoms with Crippen LogP contribution in [-0.4, -0.2) is 347 Å². The van der Waals surface area contributed by atoms with E-state index in [4.69, 9.17) is 62.6 Å². The van der Waals surface area contributed by atoms with Crippen LogP contribution < -0.4 is 11.1 Å². The quantitative estimate of drug-likeness (QED) is 0.0399. The van der Waals surface area contributed by atoms with Crippen LogP contribution in [0.1, 0.15) is 19.3 Å². The number of hydrogen-bond donors (Lipinski definition) is 21. The van der Waals surface area contributed by atoms with Crippen molar-refractivity contribution in [3.8, 4) is 0 Å². The summed E-state index contributed by atoms with van der Waals surface area (Å²) in [5.74, 6) is -0.309. The lowest BCUT2D eigenvalue weighted by molar-refractivity contribution is -0.404. The summed E-state index contributed by atoms with van der Waals surface area (Å²) in [6.07, 6.45) is -57.5. The standard InChI is InChI=1S/C43H76N2O32/c44-4-2-1-3-19(52)45-5-6-66-38-29(62)33(22(55)15(9-48)67-38)74-41-32(65)36(25(58)18(12-51)70-41)76-43-37(27(60)21(54)14(8-47)72-43)77-42-31(64)35(24(57)17(11-50)71-42)75-40-30(63)34(23(56)16(10-49)69-40)73-39-28(61)26(59)20(53)13(7-46)68-39/h13-18,20-43,46-51,53-65H,1-12,44H2,(H,45,52)/t13?,14?,15?,16?,17?,18?,20-,21-,22-,23-,24-,25-,26+,27+,28?,29?,30?,31?,32?,33+,34+,35+,36+,37?,38+,39-,40-,41-,42-,43-/m1/s1. The maximum atomic E-state index is 12.1. The molecule has 6 rings (SSSR count). The Morgan fingerprint density at radius 2 is 0.675 bits per heavy atom. The van der Waals surface area contributed by atoms with Gasteiger partial charge in [0, 0.05) is 13.0 Å². The number of hydrogen-bond acceptors (Lipinski definition) is 33. The number of amides is 1. The lowest BCUT2D eigenvalue weighted by Gasteiger charge is -2.50. The molecule has 450 valence electrons. The molecule has 0 bridgehead atoms. The van der Waals surface area contributed by atoms with E-state index in [1.807, 2.05) is 0 Å². The minimum Gasteiger partial charge on any atom is -0.394 e. The Morgan fingerprint density at radius 3 is 1.06 bits per heavy atom. The molecule has 0 spiro atoms. The Bertz CT molecular complexity index is 1760. The van der Waals surface area contributed by atoms with Crippen LogP contribution in [0.3, 0.4) is 0 Å².